The Morgan fingerprint density at radius 2 is 1.75 bits per heavy atom. The zero-order valence-electron chi connectivity index (χ0n) is 10.8. The molecule has 92 valence electrons. The van der Waals surface area contributed by atoms with E-state index in [2.05, 4.69) is 5.32 Å². The van der Waals surface area contributed by atoms with Crippen molar-refractivity contribution in [1.29, 1.82) is 0 Å². The Hall–Kier alpha value is -0.830. The van der Waals surface area contributed by atoms with Crippen molar-refractivity contribution in [3.63, 3.8) is 0 Å². The maximum Gasteiger partial charge on any atom is 0.332 e. The third kappa shape index (κ3) is 3.08. The molecule has 0 bridgehead atoms. The van der Waals surface area contributed by atoms with Crippen LogP contribution in [0.15, 0.2) is 11.1 Å². The first-order chi connectivity index (χ1) is 7.34. The van der Waals surface area contributed by atoms with Gasteiger partial charge >= 0.3 is 5.97 Å². The minimum absolute atomic E-state index is 0.277. The Balaban J connectivity index is 3.00. The van der Waals surface area contributed by atoms with E-state index in [1.807, 2.05) is 27.7 Å². The van der Waals surface area contributed by atoms with Gasteiger partial charge in [-0.3, -0.25) is 0 Å². The molecule has 1 aliphatic heterocycles. The highest BCUT2D eigenvalue weighted by atomic mass is 16.4. The number of rotatable bonds is 2. The summed E-state index contributed by atoms with van der Waals surface area (Å²) in [4.78, 5) is 11.4. The maximum absolute atomic E-state index is 11.4. The van der Waals surface area contributed by atoms with E-state index in [4.69, 9.17) is 0 Å². The molecule has 1 saturated heterocycles. The summed E-state index contributed by atoms with van der Waals surface area (Å²) in [6.07, 6.45) is 2.11. The standard InChI is InChI=1S/C13H23NO2/c1-9(10-5-7-14-8-6-10)11(12(15)16)13(2,3)4/h10,14H,5-8H2,1-4H3,(H,15,16). The van der Waals surface area contributed by atoms with Crippen LogP contribution in [0.1, 0.15) is 40.5 Å². The van der Waals surface area contributed by atoms with Crippen molar-refractivity contribution in [3.05, 3.63) is 11.1 Å². The van der Waals surface area contributed by atoms with Gasteiger partial charge in [-0.05, 0) is 44.2 Å². The zero-order valence-corrected chi connectivity index (χ0v) is 10.8. The van der Waals surface area contributed by atoms with Gasteiger partial charge in [0.15, 0.2) is 0 Å². The van der Waals surface area contributed by atoms with Gasteiger partial charge in [0.1, 0.15) is 0 Å². The lowest BCUT2D eigenvalue weighted by Gasteiger charge is -2.29. The van der Waals surface area contributed by atoms with Gasteiger partial charge in [-0.1, -0.05) is 26.3 Å². The normalized spacial score (nSPS) is 20.5. The molecule has 3 nitrogen and oxygen atoms in total. The molecule has 0 unspecified atom stereocenters. The second-order valence-corrected chi connectivity index (χ2v) is 5.64. The number of aliphatic carboxylic acids is 1. The van der Waals surface area contributed by atoms with Crippen LogP contribution >= 0.6 is 0 Å². The van der Waals surface area contributed by atoms with Crippen molar-refractivity contribution >= 4 is 5.97 Å². The van der Waals surface area contributed by atoms with Crippen molar-refractivity contribution < 1.29 is 9.90 Å². The highest BCUT2D eigenvalue weighted by molar-refractivity contribution is 5.88. The number of hydrogen-bond acceptors (Lipinski definition) is 2. The predicted octanol–water partition coefficient (Wildman–Crippen LogP) is 2.43. The highest BCUT2D eigenvalue weighted by Gasteiger charge is 2.29. The van der Waals surface area contributed by atoms with Crippen molar-refractivity contribution in [2.24, 2.45) is 11.3 Å². The van der Waals surface area contributed by atoms with E-state index in [1.54, 1.807) is 0 Å². The number of nitrogens with one attached hydrogen (secondary N) is 1. The first-order valence-electron chi connectivity index (χ1n) is 5.99. The lowest BCUT2D eigenvalue weighted by molar-refractivity contribution is -0.133. The van der Waals surface area contributed by atoms with Crippen LogP contribution in [0, 0.1) is 11.3 Å². The summed E-state index contributed by atoms with van der Waals surface area (Å²) in [5.74, 6) is -0.324. The van der Waals surface area contributed by atoms with Gasteiger partial charge in [-0.25, -0.2) is 4.79 Å². The lowest BCUT2D eigenvalue weighted by atomic mass is 9.78. The number of carbonyl (C=O) groups is 1. The molecule has 0 aliphatic carbocycles. The second-order valence-electron chi connectivity index (χ2n) is 5.64. The number of piperidine rings is 1. The van der Waals surface area contributed by atoms with E-state index >= 15 is 0 Å². The van der Waals surface area contributed by atoms with Crippen molar-refractivity contribution in [2.45, 2.75) is 40.5 Å². The van der Waals surface area contributed by atoms with Crippen LogP contribution in [0.25, 0.3) is 0 Å². The molecule has 0 saturated carbocycles. The molecule has 0 aromatic rings. The predicted molar refractivity (Wildman–Crippen MR) is 65.4 cm³/mol. The van der Waals surface area contributed by atoms with Crippen LogP contribution in [-0.2, 0) is 4.79 Å². The molecule has 1 fully saturated rings. The molecule has 1 rings (SSSR count). The fourth-order valence-corrected chi connectivity index (χ4v) is 2.54. The van der Waals surface area contributed by atoms with Gasteiger partial charge in [-0.15, -0.1) is 0 Å². The zero-order chi connectivity index (χ0) is 12.3. The van der Waals surface area contributed by atoms with Crippen molar-refractivity contribution in [2.75, 3.05) is 13.1 Å². The van der Waals surface area contributed by atoms with Gasteiger partial charge in [-0.2, -0.15) is 0 Å². The molecule has 0 radical (unpaired) electrons. The van der Waals surface area contributed by atoms with Crippen LogP contribution in [0.5, 0.6) is 0 Å². The van der Waals surface area contributed by atoms with Gasteiger partial charge in [0.05, 0.1) is 0 Å². The van der Waals surface area contributed by atoms with Crippen LogP contribution < -0.4 is 5.32 Å². The first-order valence-corrected chi connectivity index (χ1v) is 5.99. The molecule has 2 N–H and O–H groups in total. The quantitative estimate of drug-likeness (QED) is 0.710. The van der Waals surface area contributed by atoms with Crippen molar-refractivity contribution in [3.8, 4) is 0 Å². The first kappa shape index (κ1) is 13.2. The van der Waals surface area contributed by atoms with Gasteiger partial charge in [0.25, 0.3) is 0 Å². The average molecular weight is 225 g/mol. The number of carboxylic acid groups (broad SMARTS) is 1. The number of allylic oxidation sites excluding steroid dienone is 1. The monoisotopic (exact) mass is 225 g/mol. The molecule has 0 aromatic carbocycles. The van der Waals surface area contributed by atoms with E-state index in [-0.39, 0.29) is 5.41 Å². The minimum atomic E-state index is -0.761. The molecule has 3 heteroatoms. The average Bonchev–Trinajstić information content (AvgIpc) is 2.16. The molecule has 16 heavy (non-hydrogen) atoms. The highest BCUT2D eigenvalue weighted by Crippen LogP contribution is 2.33. The molecule has 0 aromatic heterocycles. The lowest BCUT2D eigenvalue weighted by Crippen LogP contribution is -2.30. The Bertz CT molecular complexity index is 294. The van der Waals surface area contributed by atoms with Gasteiger partial charge in [0.2, 0.25) is 0 Å². The molecule has 0 atom stereocenters. The molecular formula is C13H23NO2. The van der Waals surface area contributed by atoms with E-state index in [9.17, 15) is 9.90 Å². The van der Waals surface area contributed by atoms with Gasteiger partial charge < -0.3 is 10.4 Å². The fraction of sp³-hybridized carbons (Fsp3) is 0.769. The van der Waals surface area contributed by atoms with Gasteiger partial charge in [0, 0.05) is 5.57 Å². The number of carboxylic acids is 1. The summed E-state index contributed by atoms with van der Waals surface area (Å²) in [6, 6.07) is 0. The fourth-order valence-electron chi connectivity index (χ4n) is 2.54. The smallest absolute Gasteiger partial charge is 0.332 e. The van der Waals surface area contributed by atoms with E-state index in [1.165, 1.54) is 0 Å². The Morgan fingerprint density at radius 3 is 2.12 bits per heavy atom. The molecule has 1 aliphatic rings. The second kappa shape index (κ2) is 5.00. The Labute approximate surface area is 97.9 Å². The van der Waals surface area contributed by atoms with Crippen LogP contribution in [0.2, 0.25) is 0 Å². The maximum atomic E-state index is 11.4. The molecule has 0 spiro atoms. The van der Waals surface area contributed by atoms with Crippen LogP contribution in [0.3, 0.4) is 0 Å². The Morgan fingerprint density at radius 1 is 1.25 bits per heavy atom. The third-order valence-electron chi connectivity index (χ3n) is 3.31. The Kier molecular flexibility index (Phi) is 4.14. The molecule has 0 amide bonds. The van der Waals surface area contributed by atoms with Crippen LogP contribution in [0.4, 0.5) is 0 Å². The summed E-state index contributed by atoms with van der Waals surface area (Å²) in [5.41, 5.74) is 1.39. The topological polar surface area (TPSA) is 49.3 Å². The summed E-state index contributed by atoms with van der Waals surface area (Å²) < 4.78 is 0. The summed E-state index contributed by atoms with van der Waals surface area (Å²) in [7, 11) is 0. The SMILES string of the molecule is CC(=C(C(=O)O)C(C)(C)C)C1CCNCC1. The van der Waals surface area contributed by atoms with E-state index in [0.717, 1.165) is 31.5 Å². The molecule has 1 heterocycles. The van der Waals surface area contributed by atoms with E-state index < -0.39 is 5.97 Å². The third-order valence-corrected chi connectivity index (χ3v) is 3.31. The number of hydrogen-bond donors (Lipinski definition) is 2. The van der Waals surface area contributed by atoms with E-state index in [0.29, 0.717) is 11.5 Å². The largest absolute Gasteiger partial charge is 0.478 e. The molecular weight excluding hydrogens is 202 g/mol. The minimum Gasteiger partial charge on any atom is -0.478 e. The summed E-state index contributed by atoms with van der Waals surface area (Å²) >= 11 is 0. The summed E-state index contributed by atoms with van der Waals surface area (Å²) in [6.45, 7) is 9.91. The van der Waals surface area contributed by atoms with Crippen molar-refractivity contribution in [1.82, 2.24) is 5.32 Å². The van der Waals surface area contributed by atoms with Crippen LogP contribution in [-0.4, -0.2) is 24.2 Å². The summed E-state index contributed by atoms with van der Waals surface area (Å²) in [5, 5.41) is 12.6.